The molecule has 0 radical (unpaired) electrons. The molecule has 1 aliphatic rings. The quantitative estimate of drug-likeness (QED) is 0.289. The third kappa shape index (κ3) is 5.19. The molecule has 35 heavy (non-hydrogen) atoms. The number of aromatic nitrogens is 1. The summed E-state index contributed by atoms with van der Waals surface area (Å²) in [6.07, 6.45) is 3.28. The Bertz CT molecular complexity index is 1240. The highest BCUT2D eigenvalue weighted by Gasteiger charge is 2.46. The molecule has 0 bridgehead atoms. The van der Waals surface area contributed by atoms with E-state index in [0.29, 0.717) is 35.2 Å². The molecule has 1 fully saturated rings. The van der Waals surface area contributed by atoms with Gasteiger partial charge in [-0.25, -0.2) is 0 Å². The van der Waals surface area contributed by atoms with Crippen molar-refractivity contribution in [3.8, 4) is 11.5 Å². The standard InChI is InChI=1S/C28H28N2O5/c1-18(2)17-35-23-6-4-5-21(15-23)25-24(26(31)20-7-9-22(34-3)10-8-20)27(32)28(33)30(25)16-19-11-13-29-14-12-19/h4-15,18,25,31H,16-17H2,1-3H3/b26-24-. The van der Waals surface area contributed by atoms with Crippen LogP contribution in [0.5, 0.6) is 11.5 Å². The van der Waals surface area contributed by atoms with Crippen LogP contribution in [0.15, 0.2) is 78.6 Å². The number of hydrogen-bond acceptors (Lipinski definition) is 6. The van der Waals surface area contributed by atoms with Gasteiger partial charge in [0, 0.05) is 24.5 Å². The summed E-state index contributed by atoms with van der Waals surface area (Å²) in [5.74, 6) is -0.0459. The molecule has 4 rings (SSSR count). The molecule has 180 valence electrons. The number of carbonyl (C=O) groups excluding carboxylic acids is 2. The fourth-order valence-electron chi connectivity index (χ4n) is 4.02. The lowest BCUT2D eigenvalue weighted by Crippen LogP contribution is -2.29. The molecule has 1 aromatic heterocycles. The highest BCUT2D eigenvalue weighted by Crippen LogP contribution is 2.41. The van der Waals surface area contributed by atoms with Crippen LogP contribution in [-0.4, -0.2) is 40.4 Å². The molecular formula is C28H28N2O5. The molecule has 1 amide bonds. The summed E-state index contributed by atoms with van der Waals surface area (Å²) in [7, 11) is 1.55. The van der Waals surface area contributed by atoms with Gasteiger partial charge in [-0.3, -0.25) is 14.6 Å². The minimum Gasteiger partial charge on any atom is -0.507 e. The number of rotatable bonds is 8. The molecule has 3 aromatic rings. The van der Waals surface area contributed by atoms with E-state index in [4.69, 9.17) is 9.47 Å². The van der Waals surface area contributed by atoms with Crippen molar-refractivity contribution in [1.29, 1.82) is 0 Å². The zero-order valence-corrected chi connectivity index (χ0v) is 20.0. The Kier molecular flexibility index (Phi) is 7.15. The lowest BCUT2D eigenvalue weighted by Gasteiger charge is -2.26. The second kappa shape index (κ2) is 10.4. The molecule has 1 atom stereocenters. The van der Waals surface area contributed by atoms with Crippen molar-refractivity contribution in [2.45, 2.75) is 26.4 Å². The number of ketones is 1. The molecule has 1 unspecified atom stereocenters. The van der Waals surface area contributed by atoms with E-state index in [-0.39, 0.29) is 17.9 Å². The Morgan fingerprint density at radius 3 is 2.40 bits per heavy atom. The smallest absolute Gasteiger partial charge is 0.295 e. The van der Waals surface area contributed by atoms with Crippen molar-refractivity contribution in [2.75, 3.05) is 13.7 Å². The third-order valence-corrected chi connectivity index (χ3v) is 5.76. The van der Waals surface area contributed by atoms with Gasteiger partial charge in [0.25, 0.3) is 11.7 Å². The molecule has 2 heterocycles. The van der Waals surface area contributed by atoms with Gasteiger partial charge in [-0.2, -0.15) is 0 Å². The Balaban J connectivity index is 1.81. The maximum atomic E-state index is 13.3. The number of aliphatic hydroxyl groups is 1. The number of likely N-dealkylation sites (tertiary alicyclic amines) is 1. The van der Waals surface area contributed by atoms with Gasteiger partial charge in [0.1, 0.15) is 17.3 Å². The first-order chi connectivity index (χ1) is 16.9. The van der Waals surface area contributed by atoms with E-state index in [0.717, 1.165) is 5.56 Å². The Morgan fingerprint density at radius 2 is 1.74 bits per heavy atom. The molecule has 1 aliphatic heterocycles. The van der Waals surface area contributed by atoms with Gasteiger partial charge in [0.2, 0.25) is 0 Å². The predicted molar refractivity (Wildman–Crippen MR) is 132 cm³/mol. The third-order valence-electron chi connectivity index (χ3n) is 5.76. The van der Waals surface area contributed by atoms with Gasteiger partial charge >= 0.3 is 0 Å². The second-order valence-electron chi connectivity index (χ2n) is 8.79. The van der Waals surface area contributed by atoms with Crippen LogP contribution in [0.1, 0.15) is 36.6 Å². The number of Topliss-reactive ketones (excluding diaryl/α,β-unsaturated/α-hetero) is 1. The van der Waals surface area contributed by atoms with Crippen molar-refractivity contribution in [3.63, 3.8) is 0 Å². The van der Waals surface area contributed by atoms with Crippen LogP contribution >= 0.6 is 0 Å². The van der Waals surface area contributed by atoms with E-state index in [9.17, 15) is 14.7 Å². The summed E-state index contributed by atoms with van der Waals surface area (Å²) in [5, 5.41) is 11.2. The maximum absolute atomic E-state index is 13.3. The van der Waals surface area contributed by atoms with Crippen LogP contribution in [0.3, 0.4) is 0 Å². The zero-order chi connectivity index (χ0) is 24.9. The Morgan fingerprint density at radius 1 is 1.03 bits per heavy atom. The summed E-state index contributed by atoms with van der Waals surface area (Å²) in [4.78, 5) is 32.0. The lowest BCUT2D eigenvalue weighted by atomic mass is 9.95. The SMILES string of the molecule is COc1ccc(/C(O)=C2/C(=O)C(=O)N(Cc3ccncc3)C2c2cccc(OCC(C)C)c2)cc1. The van der Waals surface area contributed by atoms with Gasteiger partial charge in [0.05, 0.1) is 25.3 Å². The topological polar surface area (TPSA) is 89.0 Å². The minimum absolute atomic E-state index is 0.0373. The highest BCUT2D eigenvalue weighted by molar-refractivity contribution is 6.46. The van der Waals surface area contributed by atoms with E-state index in [2.05, 4.69) is 18.8 Å². The summed E-state index contributed by atoms with van der Waals surface area (Å²) >= 11 is 0. The number of pyridine rings is 1. The number of nitrogens with zero attached hydrogens (tertiary/aromatic N) is 2. The van der Waals surface area contributed by atoms with Gasteiger partial charge < -0.3 is 19.5 Å². The summed E-state index contributed by atoms with van der Waals surface area (Å²) in [6.45, 7) is 4.84. The van der Waals surface area contributed by atoms with Crippen LogP contribution in [0, 0.1) is 5.92 Å². The first-order valence-corrected chi connectivity index (χ1v) is 11.4. The Labute approximate surface area is 204 Å². The molecule has 1 saturated heterocycles. The average Bonchev–Trinajstić information content (AvgIpc) is 3.13. The number of ether oxygens (including phenoxy) is 2. The average molecular weight is 473 g/mol. The number of amides is 1. The summed E-state index contributed by atoms with van der Waals surface area (Å²) < 4.78 is 11.1. The molecular weight excluding hydrogens is 444 g/mol. The van der Waals surface area contributed by atoms with Crippen LogP contribution in [0.25, 0.3) is 5.76 Å². The van der Waals surface area contributed by atoms with Crippen LogP contribution in [0.2, 0.25) is 0 Å². The van der Waals surface area contributed by atoms with Crippen LogP contribution < -0.4 is 9.47 Å². The van der Waals surface area contributed by atoms with Crippen molar-refractivity contribution in [3.05, 3.63) is 95.3 Å². The molecule has 1 N–H and O–H groups in total. The number of aliphatic hydroxyl groups excluding tert-OH is 1. The van der Waals surface area contributed by atoms with Crippen LogP contribution in [0.4, 0.5) is 0 Å². The van der Waals surface area contributed by atoms with E-state index in [1.54, 1.807) is 55.9 Å². The van der Waals surface area contributed by atoms with Crippen molar-refractivity contribution >= 4 is 17.4 Å². The lowest BCUT2D eigenvalue weighted by molar-refractivity contribution is -0.140. The molecule has 0 spiro atoms. The van der Waals surface area contributed by atoms with E-state index in [1.807, 2.05) is 24.3 Å². The predicted octanol–water partition coefficient (Wildman–Crippen LogP) is 4.75. The Hall–Kier alpha value is -4.13. The normalized spacial score (nSPS) is 17.1. The van der Waals surface area contributed by atoms with E-state index < -0.39 is 17.7 Å². The molecule has 0 saturated carbocycles. The first-order valence-electron chi connectivity index (χ1n) is 11.4. The van der Waals surface area contributed by atoms with Crippen molar-refractivity contribution in [1.82, 2.24) is 9.88 Å². The van der Waals surface area contributed by atoms with Gasteiger partial charge in [0.15, 0.2) is 0 Å². The number of hydrogen-bond donors (Lipinski definition) is 1. The van der Waals surface area contributed by atoms with Gasteiger partial charge in [-0.05, 0) is 65.6 Å². The fourth-order valence-corrected chi connectivity index (χ4v) is 4.02. The largest absolute Gasteiger partial charge is 0.507 e. The molecule has 7 heteroatoms. The number of benzene rings is 2. The first kappa shape index (κ1) is 24.0. The summed E-state index contributed by atoms with van der Waals surface area (Å²) in [5.41, 5.74) is 1.96. The van der Waals surface area contributed by atoms with E-state index in [1.165, 1.54) is 4.90 Å². The van der Waals surface area contributed by atoms with Gasteiger partial charge in [-0.1, -0.05) is 26.0 Å². The number of methoxy groups -OCH3 is 1. The molecule has 2 aromatic carbocycles. The minimum atomic E-state index is -0.784. The molecule has 0 aliphatic carbocycles. The zero-order valence-electron chi connectivity index (χ0n) is 20.0. The maximum Gasteiger partial charge on any atom is 0.295 e. The van der Waals surface area contributed by atoms with Crippen LogP contribution in [-0.2, 0) is 16.1 Å². The van der Waals surface area contributed by atoms with Crippen molar-refractivity contribution < 1.29 is 24.2 Å². The van der Waals surface area contributed by atoms with E-state index >= 15 is 0 Å². The number of carbonyl (C=O) groups is 2. The monoisotopic (exact) mass is 472 g/mol. The fraction of sp³-hybridized carbons (Fsp3) is 0.250. The van der Waals surface area contributed by atoms with Crippen molar-refractivity contribution in [2.24, 2.45) is 5.92 Å². The summed E-state index contributed by atoms with van der Waals surface area (Å²) in [6, 6.07) is 16.8. The highest BCUT2D eigenvalue weighted by atomic mass is 16.5. The molecule has 7 nitrogen and oxygen atoms in total. The second-order valence-corrected chi connectivity index (χ2v) is 8.79. The van der Waals surface area contributed by atoms with Gasteiger partial charge in [-0.15, -0.1) is 0 Å².